The van der Waals surface area contributed by atoms with Crippen LogP contribution in [0.15, 0.2) is 77.6 Å². The van der Waals surface area contributed by atoms with Gasteiger partial charge in [-0.25, -0.2) is 0 Å². The van der Waals surface area contributed by atoms with E-state index >= 15 is 0 Å². The predicted molar refractivity (Wildman–Crippen MR) is 139 cm³/mol. The summed E-state index contributed by atoms with van der Waals surface area (Å²) >= 11 is 1.11. The molecule has 0 aliphatic carbocycles. The Hall–Kier alpha value is -4.41. The molecule has 1 N–H and O–H groups in total. The van der Waals surface area contributed by atoms with Crippen molar-refractivity contribution in [3.8, 4) is 17.5 Å². The molecule has 35 heavy (non-hydrogen) atoms. The number of nitriles is 1. The van der Waals surface area contributed by atoms with Crippen molar-refractivity contribution in [3.05, 3.63) is 109 Å². The second-order valence-corrected chi connectivity index (χ2v) is 8.94. The molecule has 4 aromatic rings. The zero-order chi connectivity index (χ0) is 24.9. The summed E-state index contributed by atoms with van der Waals surface area (Å²) < 4.78 is 7.29. The fourth-order valence-electron chi connectivity index (χ4n) is 3.52. The minimum atomic E-state index is -0.572. The van der Waals surface area contributed by atoms with Gasteiger partial charge >= 0.3 is 0 Å². The number of carbonyl (C=O) groups excluding carboxylic acids is 1. The van der Waals surface area contributed by atoms with Gasteiger partial charge in [0.2, 0.25) is 0 Å². The van der Waals surface area contributed by atoms with Crippen molar-refractivity contribution >= 4 is 34.6 Å². The monoisotopic (exact) mass is 481 g/mol. The highest BCUT2D eigenvalue weighted by molar-refractivity contribution is 7.07. The van der Waals surface area contributed by atoms with Gasteiger partial charge in [-0.3, -0.25) is 14.2 Å². The van der Waals surface area contributed by atoms with Gasteiger partial charge in [0.15, 0.2) is 5.57 Å². The van der Waals surface area contributed by atoms with E-state index < -0.39 is 5.91 Å². The van der Waals surface area contributed by atoms with Crippen LogP contribution in [0.3, 0.4) is 0 Å². The molecule has 1 amide bonds. The summed E-state index contributed by atoms with van der Waals surface area (Å²) in [5.74, 6) is 0.136. The molecule has 0 saturated carbocycles. The van der Waals surface area contributed by atoms with E-state index in [4.69, 9.17) is 4.74 Å². The molecule has 1 aromatic heterocycles. The number of carbonyl (C=O) groups is 1. The minimum Gasteiger partial charge on any atom is -0.497 e. The number of benzene rings is 3. The van der Waals surface area contributed by atoms with Gasteiger partial charge in [-0.15, -0.1) is 11.3 Å². The molecule has 174 valence electrons. The van der Waals surface area contributed by atoms with Crippen LogP contribution in [0.25, 0.3) is 17.3 Å². The summed E-state index contributed by atoms with van der Waals surface area (Å²) in [5, 5.41) is 12.8. The van der Waals surface area contributed by atoms with Gasteiger partial charge in [0.1, 0.15) is 16.5 Å². The molecule has 0 spiro atoms. The Morgan fingerprint density at radius 2 is 1.74 bits per heavy atom. The van der Waals surface area contributed by atoms with Crippen LogP contribution in [0.5, 0.6) is 5.75 Å². The van der Waals surface area contributed by atoms with E-state index in [0.29, 0.717) is 21.7 Å². The second-order valence-electron chi connectivity index (χ2n) is 7.91. The quantitative estimate of drug-likeness (QED) is 0.472. The Labute approximate surface area is 206 Å². The van der Waals surface area contributed by atoms with E-state index in [2.05, 4.69) is 5.32 Å². The SMILES string of the molecule is COc1ccc(/C=c2/s/c(=C(/C#N)C(=O)Nc3ccc(C)c(C)c3)n(-c3ccccc3)c2=O)cc1. The minimum absolute atomic E-state index is 0.136. The Balaban J connectivity index is 1.91. The zero-order valence-electron chi connectivity index (χ0n) is 19.5. The predicted octanol–water partition coefficient (Wildman–Crippen LogP) is 3.67. The largest absolute Gasteiger partial charge is 0.497 e. The Morgan fingerprint density at radius 3 is 2.37 bits per heavy atom. The maximum atomic E-state index is 13.5. The third kappa shape index (κ3) is 5.08. The van der Waals surface area contributed by atoms with Gasteiger partial charge < -0.3 is 10.1 Å². The van der Waals surface area contributed by atoms with Gasteiger partial charge in [-0.1, -0.05) is 36.4 Å². The van der Waals surface area contributed by atoms with Gasteiger partial charge in [0, 0.05) is 5.69 Å². The third-order valence-corrected chi connectivity index (χ3v) is 6.66. The molecule has 0 aliphatic rings. The number of aromatic nitrogens is 1. The molecule has 7 heteroatoms. The Bertz CT molecular complexity index is 1610. The number of thiazole rings is 1. The summed E-state index contributed by atoms with van der Waals surface area (Å²) in [5.41, 5.74) is 3.64. The van der Waals surface area contributed by atoms with E-state index in [0.717, 1.165) is 28.0 Å². The van der Waals surface area contributed by atoms with Crippen molar-refractivity contribution in [2.24, 2.45) is 0 Å². The molecule has 0 saturated heterocycles. The molecule has 0 atom stereocenters. The Morgan fingerprint density at radius 1 is 1.03 bits per heavy atom. The molecule has 3 aromatic carbocycles. The summed E-state index contributed by atoms with van der Waals surface area (Å²) in [7, 11) is 1.59. The molecule has 0 bridgehead atoms. The van der Waals surface area contributed by atoms with E-state index in [-0.39, 0.29) is 15.8 Å². The lowest BCUT2D eigenvalue weighted by Crippen LogP contribution is -2.32. The lowest BCUT2D eigenvalue weighted by molar-refractivity contribution is -0.111. The van der Waals surface area contributed by atoms with Crippen LogP contribution in [-0.4, -0.2) is 17.6 Å². The van der Waals surface area contributed by atoms with E-state index in [1.165, 1.54) is 4.57 Å². The summed E-state index contributed by atoms with van der Waals surface area (Å²) in [6.07, 6.45) is 1.74. The lowest BCUT2D eigenvalue weighted by Gasteiger charge is -2.07. The summed E-state index contributed by atoms with van der Waals surface area (Å²) in [6.45, 7) is 3.94. The normalized spacial score (nSPS) is 12.1. The number of nitrogens with one attached hydrogen (secondary N) is 1. The van der Waals surface area contributed by atoms with Crippen LogP contribution in [0.4, 0.5) is 5.69 Å². The van der Waals surface area contributed by atoms with Crippen LogP contribution >= 0.6 is 11.3 Å². The van der Waals surface area contributed by atoms with Crippen molar-refractivity contribution in [3.63, 3.8) is 0 Å². The average Bonchev–Trinajstić information content (AvgIpc) is 3.18. The first-order valence-corrected chi connectivity index (χ1v) is 11.7. The number of aryl methyl sites for hydroxylation is 2. The van der Waals surface area contributed by atoms with E-state index in [1.54, 1.807) is 55.7 Å². The maximum Gasteiger partial charge on any atom is 0.273 e. The molecular weight excluding hydrogens is 458 g/mol. The van der Waals surface area contributed by atoms with Crippen LogP contribution in [-0.2, 0) is 4.79 Å². The molecule has 4 rings (SSSR count). The number of para-hydroxylation sites is 1. The number of anilines is 1. The first-order valence-electron chi connectivity index (χ1n) is 10.9. The summed E-state index contributed by atoms with van der Waals surface area (Å²) in [4.78, 5) is 26.6. The molecule has 0 fully saturated rings. The highest BCUT2D eigenvalue weighted by atomic mass is 32.1. The first kappa shape index (κ1) is 23.7. The van der Waals surface area contributed by atoms with Crippen LogP contribution in [0.1, 0.15) is 16.7 Å². The highest BCUT2D eigenvalue weighted by Gasteiger charge is 2.17. The smallest absolute Gasteiger partial charge is 0.273 e. The molecule has 0 radical (unpaired) electrons. The van der Waals surface area contributed by atoms with Crippen molar-refractivity contribution < 1.29 is 9.53 Å². The van der Waals surface area contributed by atoms with Crippen LogP contribution < -0.4 is 24.8 Å². The maximum absolute atomic E-state index is 13.5. The molecule has 0 unspecified atom stereocenters. The zero-order valence-corrected chi connectivity index (χ0v) is 20.3. The van der Waals surface area contributed by atoms with Gasteiger partial charge in [-0.2, -0.15) is 5.26 Å². The topological polar surface area (TPSA) is 84.1 Å². The lowest BCUT2D eigenvalue weighted by atomic mass is 10.1. The number of rotatable bonds is 5. The van der Waals surface area contributed by atoms with Gasteiger partial charge in [0.05, 0.1) is 17.3 Å². The number of hydrogen-bond donors (Lipinski definition) is 1. The third-order valence-electron chi connectivity index (χ3n) is 5.57. The van der Waals surface area contributed by atoms with Crippen molar-refractivity contribution in [1.29, 1.82) is 5.26 Å². The standard InChI is InChI=1S/C28H23N3O3S/c1-18-9-12-21(15-19(18)2)30-26(32)24(17-29)28-31(22-7-5-4-6-8-22)27(33)25(35-28)16-20-10-13-23(34-3)14-11-20/h4-16H,1-3H3,(H,30,32)/b25-16+,28-24-. The van der Waals surface area contributed by atoms with Crippen molar-refractivity contribution in [2.45, 2.75) is 13.8 Å². The van der Waals surface area contributed by atoms with Crippen LogP contribution in [0.2, 0.25) is 0 Å². The molecular formula is C28H23N3O3S. The fourth-order valence-corrected chi connectivity index (χ4v) is 4.62. The highest BCUT2D eigenvalue weighted by Crippen LogP contribution is 2.15. The number of amides is 1. The second kappa shape index (κ2) is 10.2. The number of nitrogens with zero attached hydrogens (tertiary/aromatic N) is 2. The molecule has 0 aliphatic heterocycles. The van der Waals surface area contributed by atoms with Crippen molar-refractivity contribution in [2.75, 3.05) is 12.4 Å². The molecule has 1 heterocycles. The Kier molecular flexibility index (Phi) is 6.95. The fraction of sp³-hybridized carbons (Fsp3) is 0.107. The van der Waals surface area contributed by atoms with Gasteiger partial charge in [0.25, 0.3) is 11.5 Å². The summed E-state index contributed by atoms with van der Waals surface area (Å²) in [6, 6.07) is 23.8. The molecule has 6 nitrogen and oxygen atoms in total. The van der Waals surface area contributed by atoms with Crippen LogP contribution in [0, 0.1) is 25.2 Å². The number of ether oxygens (including phenoxy) is 1. The van der Waals surface area contributed by atoms with E-state index in [9.17, 15) is 14.9 Å². The number of methoxy groups -OCH3 is 1. The first-order chi connectivity index (χ1) is 16.9. The number of hydrogen-bond acceptors (Lipinski definition) is 5. The van der Waals surface area contributed by atoms with E-state index in [1.807, 2.05) is 50.2 Å². The van der Waals surface area contributed by atoms with Gasteiger partial charge in [-0.05, 0) is 73.0 Å². The average molecular weight is 482 g/mol. The van der Waals surface area contributed by atoms with Crippen molar-refractivity contribution in [1.82, 2.24) is 4.57 Å².